The topological polar surface area (TPSA) is 70.5 Å². The van der Waals surface area contributed by atoms with Gasteiger partial charge in [-0.1, -0.05) is 48.5 Å². The van der Waals surface area contributed by atoms with E-state index in [1.807, 2.05) is 18.2 Å². The van der Waals surface area contributed by atoms with Gasteiger partial charge in [-0.2, -0.15) is 13.2 Å². The Morgan fingerprint density at radius 1 is 1.00 bits per heavy atom. The molecule has 0 unspecified atom stereocenters. The van der Waals surface area contributed by atoms with Crippen molar-refractivity contribution < 1.29 is 13.2 Å². The van der Waals surface area contributed by atoms with E-state index in [9.17, 15) is 18.0 Å². The van der Waals surface area contributed by atoms with Gasteiger partial charge in [0.1, 0.15) is 11.3 Å². The minimum absolute atomic E-state index is 0.216. The number of aromatic nitrogens is 6. The Hall–Kier alpha value is -4.21. The number of hydrogen-bond acceptors (Lipinski definition) is 4. The number of hydrogen-bond donors (Lipinski definition) is 0. The van der Waals surface area contributed by atoms with E-state index < -0.39 is 11.9 Å². The van der Waals surface area contributed by atoms with Crippen LogP contribution in [0.4, 0.5) is 13.2 Å². The van der Waals surface area contributed by atoms with Crippen molar-refractivity contribution >= 4 is 11.2 Å². The van der Waals surface area contributed by atoms with Crippen molar-refractivity contribution in [2.45, 2.75) is 31.5 Å². The Bertz CT molecular complexity index is 1690. The zero-order chi connectivity index (χ0) is 25.9. The first-order valence-corrected chi connectivity index (χ1v) is 11.9. The van der Waals surface area contributed by atoms with Gasteiger partial charge in [0.15, 0.2) is 17.2 Å². The van der Waals surface area contributed by atoms with Gasteiger partial charge < -0.3 is 4.57 Å². The summed E-state index contributed by atoms with van der Waals surface area (Å²) in [4.78, 5) is 26.2. The molecule has 0 atom stereocenters. The highest BCUT2D eigenvalue weighted by atomic mass is 19.4. The number of nitrogens with zero attached hydrogens (tertiary/aromatic N) is 6. The molecule has 37 heavy (non-hydrogen) atoms. The molecule has 3 aromatic heterocycles. The summed E-state index contributed by atoms with van der Waals surface area (Å²) in [5.41, 5.74) is 3.57. The van der Waals surface area contributed by atoms with E-state index in [2.05, 4.69) is 16.0 Å². The van der Waals surface area contributed by atoms with E-state index in [1.54, 1.807) is 42.1 Å². The van der Waals surface area contributed by atoms with Crippen LogP contribution in [0.25, 0.3) is 33.9 Å². The predicted molar refractivity (Wildman–Crippen MR) is 133 cm³/mol. The van der Waals surface area contributed by atoms with Gasteiger partial charge in [-0.15, -0.1) is 0 Å². The molecule has 0 spiro atoms. The largest absolute Gasteiger partial charge is 0.434 e. The van der Waals surface area contributed by atoms with E-state index in [1.165, 1.54) is 21.7 Å². The van der Waals surface area contributed by atoms with Crippen LogP contribution >= 0.6 is 0 Å². The van der Waals surface area contributed by atoms with Crippen LogP contribution in [-0.4, -0.2) is 28.7 Å². The van der Waals surface area contributed by atoms with Crippen molar-refractivity contribution in [2.24, 2.45) is 14.1 Å². The molecule has 0 aliphatic heterocycles. The van der Waals surface area contributed by atoms with Gasteiger partial charge in [0.05, 0.1) is 12.7 Å². The van der Waals surface area contributed by atoms with Gasteiger partial charge in [-0.25, -0.2) is 19.7 Å². The molecule has 0 amide bonds. The van der Waals surface area contributed by atoms with Gasteiger partial charge in [0.2, 0.25) is 0 Å². The molecule has 2 aromatic carbocycles. The summed E-state index contributed by atoms with van der Waals surface area (Å²) in [5.74, 6) is 1.32. The van der Waals surface area contributed by atoms with Crippen LogP contribution < -0.4 is 5.69 Å². The lowest BCUT2D eigenvalue weighted by molar-refractivity contribution is -0.140. The lowest BCUT2D eigenvalue weighted by Gasteiger charge is -2.09. The maximum atomic E-state index is 13.1. The second-order valence-electron chi connectivity index (χ2n) is 9.45. The molecule has 10 heteroatoms. The second kappa shape index (κ2) is 8.43. The van der Waals surface area contributed by atoms with Crippen molar-refractivity contribution in [3.63, 3.8) is 0 Å². The van der Waals surface area contributed by atoms with Crippen molar-refractivity contribution in [1.29, 1.82) is 0 Å². The highest BCUT2D eigenvalue weighted by molar-refractivity contribution is 5.74. The minimum atomic E-state index is -4.51. The third kappa shape index (κ3) is 4.12. The number of rotatable bonds is 5. The van der Waals surface area contributed by atoms with Crippen molar-refractivity contribution in [1.82, 2.24) is 28.7 Å². The number of fused-ring (bicyclic) bond motifs is 1. The molecule has 0 saturated heterocycles. The fourth-order valence-corrected chi connectivity index (χ4v) is 4.71. The highest BCUT2D eigenvalue weighted by Crippen LogP contribution is 2.43. The zero-order valence-electron chi connectivity index (χ0n) is 20.2. The van der Waals surface area contributed by atoms with Gasteiger partial charge in [0, 0.05) is 31.4 Å². The van der Waals surface area contributed by atoms with Crippen LogP contribution in [0.5, 0.6) is 0 Å². The number of halogens is 3. The molecule has 188 valence electrons. The number of imidazole rings is 2. The average molecular weight is 505 g/mol. The van der Waals surface area contributed by atoms with Crippen molar-refractivity contribution in [3.8, 4) is 22.8 Å². The van der Waals surface area contributed by atoms with E-state index in [-0.39, 0.29) is 18.1 Å². The van der Waals surface area contributed by atoms with Crippen LogP contribution in [0.2, 0.25) is 0 Å². The molecular formula is C27H23F3N6O. The first-order chi connectivity index (χ1) is 17.7. The highest BCUT2D eigenvalue weighted by Gasteiger charge is 2.34. The molecule has 0 radical (unpaired) electrons. The molecule has 1 fully saturated rings. The Balaban J connectivity index is 1.35. The van der Waals surface area contributed by atoms with E-state index in [0.717, 1.165) is 30.2 Å². The summed E-state index contributed by atoms with van der Waals surface area (Å²) >= 11 is 0. The van der Waals surface area contributed by atoms with Gasteiger partial charge in [0.25, 0.3) is 0 Å². The Labute approximate surface area is 209 Å². The monoisotopic (exact) mass is 504 g/mol. The first kappa shape index (κ1) is 23.2. The van der Waals surface area contributed by atoms with Gasteiger partial charge >= 0.3 is 11.9 Å². The molecule has 6 rings (SSSR count). The van der Waals surface area contributed by atoms with Crippen LogP contribution in [0.1, 0.15) is 35.6 Å². The lowest BCUT2D eigenvalue weighted by atomic mass is 10.0. The van der Waals surface area contributed by atoms with E-state index >= 15 is 0 Å². The fourth-order valence-electron chi connectivity index (χ4n) is 4.71. The van der Waals surface area contributed by atoms with Gasteiger partial charge in [-0.3, -0.25) is 9.13 Å². The zero-order valence-corrected chi connectivity index (χ0v) is 20.2. The van der Waals surface area contributed by atoms with Crippen molar-refractivity contribution in [3.05, 3.63) is 88.2 Å². The average Bonchev–Trinajstić information content (AvgIpc) is 3.62. The molecule has 0 bridgehead atoms. The maximum Gasteiger partial charge on any atom is 0.434 e. The van der Waals surface area contributed by atoms with Crippen LogP contribution in [-0.2, 0) is 26.8 Å². The Morgan fingerprint density at radius 2 is 1.73 bits per heavy atom. The summed E-state index contributed by atoms with van der Waals surface area (Å²) in [5, 5.41) is 0. The maximum absolute atomic E-state index is 13.1. The predicted octanol–water partition coefficient (Wildman–Crippen LogP) is 5.14. The SMILES string of the molecule is Cn1cc(C(F)(F)F)nc1-c1ccc(Cn2c(=O)n(C)c3cnc(-c4ccccc4C4CC4)nc32)cc1. The standard InChI is InChI=1S/C27H23F3N6O/c1-34-15-22(27(28,29)30)32-24(34)18-9-7-16(8-10-18)14-36-25-21(35(2)26(36)37)13-31-23(33-25)20-6-4-3-5-19(20)17-11-12-17/h3-10,13,15,17H,11-12,14H2,1-2H3. The summed E-state index contributed by atoms with van der Waals surface area (Å²) < 4.78 is 43.6. The second-order valence-corrected chi connectivity index (χ2v) is 9.45. The molecule has 0 N–H and O–H groups in total. The van der Waals surface area contributed by atoms with Crippen molar-refractivity contribution in [2.75, 3.05) is 0 Å². The van der Waals surface area contributed by atoms with E-state index in [0.29, 0.717) is 28.5 Å². The number of alkyl halides is 3. The molecule has 1 aliphatic carbocycles. The minimum Gasteiger partial charge on any atom is -0.333 e. The van der Waals surface area contributed by atoms with Crippen LogP contribution in [0, 0.1) is 0 Å². The molecule has 1 saturated carbocycles. The number of aryl methyl sites for hydroxylation is 2. The number of benzene rings is 2. The first-order valence-electron chi connectivity index (χ1n) is 11.9. The quantitative estimate of drug-likeness (QED) is 0.332. The van der Waals surface area contributed by atoms with E-state index in [4.69, 9.17) is 4.98 Å². The molecule has 3 heterocycles. The normalized spacial score (nSPS) is 14.0. The Kier molecular flexibility index (Phi) is 5.29. The smallest absolute Gasteiger partial charge is 0.333 e. The van der Waals surface area contributed by atoms with Crippen LogP contribution in [0.15, 0.2) is 65.7 Å². The third-order valence-corrected chi connectivity index (χ3v) is 6.82. The lowest BCUT2D eigenvalue weighted by Crippen LogP contribution is -2.22. The summed E-state index contributed by atoms with van der Waals surface area (Å²) in [6.45, 7) is 0.256. The molecule has 5 aromatic rings. The molecular weight excluding hydrogens is 481 g/mol. The summed E-state index contributed by atoms with van der Waals surface area (Å²) in [7, 11) is 3.21. The summed E-state index contributed by atoms with van der Waals surface area (Å²) in [6.07, 6.45) is 0.451. The van der Waals surface area contributed by atoms with Gasteiger partial charge in [-0.05, 0) is 29.9 Å². The fraction of sp³-hybridized carbons (Fsp3) is 0.259. The third-order valence-electron chi connectivity index (χ3n) is 6.82. The Morgan fingerprint density at radius 3 is 2.41 bits per heavy atom. The molecule has 7 nitrogen and oxygen atoms in total. The molecule has 1 aliphatic rings. The summed E-state index contributed by atoms with van der Waals surface area (Å²) in [6, 6.07) is 15.1. The van der Waals surface area contributed by atoms with Crippen LogP contribution in [0.3, 0.4) is 0 Å².